The molecule has 1 atom stereocenters. The minimum Gasteiger partial charge on any atom is -0.335 e. The van der Waals surface area contributed by atoms with Crippen molar-refractivity contribution in [3.63, 3.8) is 0 Å². The summed E-state index contributed by atoms with van der Waals surface area (Å²) < 4.78 is 1.87. The lowest BCUT2D eigenvalue weighted by atomic mass is 9.99. The second-order valence-electron chi connectivity index (χ2n) is 7.20. The minimum absolute atomic E-state index is 0.00738. The number of amides is 2. The maximum absolute atomic E-state index is 13.1. The van der Waals surface area contributed by atoms with E-state index < -0.39 is 0 Å². The van der Waals surface area contributed by atoms with Gasteiger partial charge in [-0.15, -0.1) is 0 Å². The molecule has 1 saturated heterocycles. The molecule has 0 radical (unpaired) electrons. The number of rotatable bonds is 2. The Hall–Kier alpha value is -2.63. The molecule has 2 aromatic rings. The van der Waals surface area contributed by atoms with Gasteiger partial charge in [-0.2, -0.15) is 5.10 Å². The Labute approximate surface area is 153 Å². The van der Waals surface area contributed by atoms with Crippen molar-refractivity contribution in [2.24, 2.45) is 0 Å². The van der Waals surface area contributed by atoms with Crippen LogP contribution in [-0.2, 0) is 17.9 Å². The van der Waals surface area contributed by atoms with Crippen LogP contribution in [0.2, 0.25) is 0 Å². The fourth-order valence-corrected chi connectivity index (χ4v) is 4.08. The number of hydrogen-bond donors (Lipinski definition) is 0. The van der Waals surface area contributed by atoms with Gasteiger partial charge in [0.15, 0.2) is 5.69 Å². The Morgan fingerprint density at radius 3 is 2.73 bits per heavy atom. The lowest BCUT2D eigenvalue weighted by Gasteiger charge is -2.26. The molecular weight excluding hydrogens is 328 g/mol. The van der Waals surface area contributed by atoms with Crippen molar-refractivity contribution in [3.8, 4) is 0 Å². The number of hydrogen-bond acceptors (Lipinski definition) is 3. The molecule has 0 aliphatic carbocycles. The first-order valence-electron chi connectivity index (χ1n) is 9.23. The third-order valence-corrected chi connectivity index (χ3v) is 5.52. The smallest absolute Gasteiger partial charge is 0.274 e. The predicted octanol–water partition coefficient (Wildman–Crippen LogP) is 2.53. The minimum atomic E-state index is -0.00738. The van der Waals surface area contributed by atoms with Gasteiger partial charge in [0.2, 0.25) is 5.91 Å². The standard InChI is InChI=1S/C20H24N4O2/c1-14-6-3-4-7-17(14)19-8-5-9-23(19)20(26)18-12-16-13-22(15(2)25)10-11-24(16)21-18/h3-4,6-7,12,19H,5,8-11,13H2,1-2H3. The lowest BCUT2D eigenvalue weighted by molar-refractivity contribution is -0.130. The first-order valence-corrected chi connectivity index (χ1v) is 9.23. The maximum atomic E-state index is 13.1. The van der Waals surface area contributed by atoms with Crippen LogP contribution >= 0.6 is 0 Å². The van der Waals surface area contributed by atoms with Crippen LogP contribution < -0.4 is 0 Å². The molecule has 0 bridgehead atoms. The summed E-state index contributed by atoms with van der Waals surface area (Å²) in [4.78, 5) is 28.5. The van der Waals surface area contributed by atoms with E-state index in [4.69, 9.17) is 0 Å². The predicted molar refractivity (Wildman–Crippen MR) is 97.5 cm³/mol. The van der Waals surface area contributed by atoms with E-state index in [1.165, 1.54) is 11.1 Å². The van der Waals surface area contributed by atoms with E-state index >= 15 is 0 Å². The second kappa shape index (κ2) is 6.59. The van der Waals surface area contributed by atoms with Crippen molar-refractivity contribution in [3.05, 3.63) is 52.8 Å². The van der Waals surface area contributed by atoms with Crippen LogP contribution in [0.1, 0.15) is 53.1 Å². The molecule has 0 saturated carbocycles. The molecule has 6 heteroatoms. The average Bonchev–Trinajstić information content (AvgIpc) is 3.27. The van der Waals surface area contributed by atoms with Gasteiger partial charge >= 0.3 is 0 Å². The summed E-state index contributed by atoms with van der Waals surface area (Å²) in [5.41, 5.74) is 3.87. The maximum Gasteiger partial charge on any atom is 0.274 e. The topological polar surface area (TPSA) is 58.4 Å². The number of carbonyl (C=O) groups is 2. The summed E-state index contributed by atoms with van der Waals surface area (Å²) in [7, 11) is 0. The summed E-state index contributed by atoms with van der Waals surface area (Å²) in [6.45, 7) is 6.25. The molecule has 1 aromatic carbocycles. The van der Waals surface area contributed by atoms with E-state index in [1.54, 1.807) is 11.8 Å². The number of benzene rings is 1. The van der Waals surface area contributed by atoms with Gasteiger partial charge in [-0.3, -0.25) is 14.3 Å². The van der Waals surface area contributed by atoms with Gasteiger partial charge in [-0.1, -0.05) is 24.3 Å². The van der Waals surface area contributed by atoms with Crippen molar-refractivity contribution >= 4 is 11.8 Å². The largest absolute Gasteiger partial charge is 0.335 e. The van der Waals surface area contributed by atoms with Gasteiger partial charge in [0.1, 0.15) is 0 Å². The summed E-state index contributed by atoms with van der Waals surface area (Å²) in [6.07, 6.45) is 2.00. The van der Waals surface area contributed by atoms with Gasteiger partial charge in [-0.25, -0.2) is 0 Å². The van der Waals surface area contributed by atoms with Crippen molar-refractivity contribution < 1.29 is 9.59 Å². The molecule has 1 aromatic heterocycles. The summed E-state index contributed by atoms with van der Waals surface area (Å²) in [5.74, 6) is 0.0523. The Balaban J connectivity index is 1.58. The van der Waals surface area contributed by atoms with Crippen LogP contribution in [0.25, 0.3) is 0 Å². The molecule has 136 valence electrons. The zero-order chi connectivity index (χ0) is 18.3. The lowest BCUT2D eigenvalue weighted by Crippen LogP contribution is -2.36. The third-order valence-electron chi connectivity index (χ3n) is 5.52. The summed E-state index contributed by atoms with van der Waals surface area (Å²) in [5, 5.41) is 4.53. The van der Waals surface area contributed by atoms with Crippen molar-refractivity contribution in [1.82, 2.24) is 19.6 Å². The average molecular weight is 352 g/mol. The van der Waals surface area contributed by atoms with Gasteiger partial charge in [-0.05, 0) is 37.0 Å². The van der Waals surface area contributed by atoms with Crippen molar-refractivity contribution in [1.29, 1.82) is 0 Å². The van der Waals surface area contributed by atoms with Gasteiger partial charge in [0, 0.05) is 20.0 Å². The van der Waals surface area contributed by atoms with E-state index in [0.717, 1.165) is 25.1 Å². The molecule has 2 aliphatic rings. The molecule has 4 rings (SSSR count). The van der Waals surface area contributed by atoms with Gasteiger partial charge < -0.3 is 9.80 Å². The highest BCUT2D eigenvalue weighted by molar-refractivity contribution is 5.93. The number of carbonyl (C=O) groups excluding carboxylic acids is 2. The van der Waals surface area contributed by atoms with Crippen molar-refractivity contribution in [2.45, 2.75) is 45.8 Å². The Morgan fingerprint density at radius 2 is 1.96 bits per heavy atom. The molecule has 0 spiro atoms. The SMILES string of the molecule is CC(=O)N1CCn2nc(C(=O)N3CCCC3c3ccccc3C)cc2C1. The van der Waals surface area contributed by atoms with Crippen LogP contribution in [0.3, 0.4) is 0 Å². The summed E-state index contributed by atoms with van der Waals surface area (Å²) in [6, 6.07) is 10.3. The van der Waals surface area contributed by atoms with E-state index in [0.29, 0.717) is 25.3 Å². The molecule has 2 amide bonds. The fourth-order valence-electron chi connectivity index (χ4n) is 4.08. The van der Waals surface area contributed by atoms with E-state index in [2.05, 4.69) is 24.2 Å². The molecule has 2 aliphatic heterocycles. The zero-order valence-electron chi connectivity index (χ0n) is 15.3. The highest BCUT2D eigenvalue weighted by Crippen LogP contribution is 2.34. The van der Waals surface area contributed by atoms with Crippen LogP contribution in [0, 0.1) is 6.92 Å². The molecule has 3 heterocycles. The van der Waals surface area contributed by atoms with E-state index in [1.807, 2.05) is 27.8 Å². The number of aryl methyl sites for hydroxylation is 1. The number of aromatic nitrogens is 2. The third kappa shape index (κ3) is 2.89. The second-order valence-corrected chi connectivity index (χ2v) is 7.20. The Kier molecular flexibility index (Phi) is 4.26. The highest BCUT2D eigenvalue weighted by atomic mass is 16.2. The molecule has 6 nitrogen and oxygen atoms in total. The molecule has 0 N–H and O–H groups in total. The molecular formula is C20H24N4O2. The van der Waals surface area contributed by atoms with Gasteiger partial charge in [0.05, 0.1) is 24.8 Å². The van der Waals surface area contributed by atoms with E-state index in [-0.39, 0.29) is 17.9 Å². The normalized spacial score (nSPS) is 19.5. The monoisotopic (exact) mass is 352 g/mol. The first kappa shape index (κ1) is 16.8. The Bertz CT molecular complexity index is 857. The Morgan fingerprint density at radius 1 is 1.15 bits per heavy atom. The number of fused-ring (bicyclic) bond motifs is 1. The van der Waals surface area contributed by atoms with E-state index in [9.17, 15) is 9.59 Å². The van der Waals surface area contributed by atoms with Crippen molar-refractivity contribution in [2.75, 3.05) is 13.1 Å². The summed E-state index contributed by atoms with van der Waals surface area (Å²) >= 11 is 0. The quantitative estimate of drug-likeness (QED) is 0.834. The number of nitrogens with zero attached hydrogens (tertiary/aromatic N) is 4. The molecule has 1 fully saturated rings. The highest BCUT2D eigenvalue weighted by Gasteiger charge is 2.33. The number of likely N-dealkylation sites (tertiary alicyclic amines) is 1. The fraction of sp³-hybridized carbons (Fsp3) is 0.450. The molecule has 26 heavy (non-hydrogen) atoms. The van der Waals surface area contributed by atoms with Crippen LogP contribution in [0.5, 0.6) is 0 Å². The van der Waals surface area contributed by atoms with Gasteiger partial charge in [0.25, 0.3) is 5.91 Å². The first-order chi connectivity index (χ1) is 12.5. The molecule has 1 unspecified atom stereocenters. The van der Waals surface area contributed by atoms with Crippen LogP contribution in [-0.4, -0.2) is 44.5 Å². The zero-order valence-corrected chi connectivity index (χ0v) is 15.3. The van der Waals surface area contributed by atoms with Crippen LogP contribution in [0.4, 0.5) is 0 Å². The van der Waals surface area contributed by atoms with Crippen LogP contribution in [0.15, 0.2) is 30.3 Å².